The maximum Gasteiger partial charge on any atom is 0.509 e. The van der Waals surface area contributed by atoms with Gasteiger partial charge >= 0.3 is 12.1 Å². The van der Waals surface area contributed by atoms with Crippen LogP contribution in [0.2, 0.25) is 0 Å². The zero-order chi connectivity index (χ0) is 10.9. The van der Waals surface area contributed by atoms with Crippen molar-refractivity contribution in [2.24, 2.45) is 5.41 Å². The van der Waals surface area contributed by atoms with E-state index in [4.69, 9.17) is 9.47 Å². The summed E-state index contributed by atoms with van der Waals surface area (Å²) < 4.78 is 14.1. The van der Waals surface area contributed by atoms with Crippen LogP contribution in [0.15, 0.2) is 0 Å². The molecule has 1 heterocycles. The number of carbonyl (C=O) groups excluding carboxylic acids is 2. The summed E-state index contributed by atoms with van der Waals surface area (Å²) >= 11 is 0. The van der Waals surface area contributed by atoms with Gasteiger partial charge in [0.15, 0.2) is 6.10 Å². The molecule has 0 aliphatic carbocycles. The molecule has 1 aliphatic heterocycles. The molecule has 2 unspecified atom stereocenters. The molecule has 1 aliphatic rings. The van der Waals surface area contributed by atoms with Gasteiger partial charge in [-0.25, -0.2) is 9.59 Å². The number of methoxy groups -OCH3 is 1. The summed E-state index contributed by atoms with van der Waals surface area (Å²) in [7, 11) is 1.24. The summed E-state index contributed by atoms with van der Waals surface area (Å²) in [6, 6.07) is 0. The predicted octanol–water partition coefficient (Wildman–Crippen LogP) is 1.11. The van der Waals surface area contributed by atoms with E-state index in [1.165, 1.54) is 7.11 Å². The van der Waals surface area contributed by atoms with E-state index in [1.807, 2.05) is 20.8 Å². The summed E-state index contributed by atoms with van der Waals surface area (Å²) in [5.74, 6) is -0.587. The molecule has 2 atom stereocenters. The minimum absolute atomic E-state index is 0.356. The molecule has 0 N–H and O–H groups in total. The number of carbonyl (C=O) groups is 2. The van der Waals surface area contributed by atoms with Crippen molar-refractivity contribution in [2.45, 2.75) is 33.0 Å². The SMILES string of the molecule is COC(=O)C1OC(=O)OC1C(C)(C)C. The Hall–Kier alpha value is -1.26. The van der Waals surface area contributed by atoms with Gasteiger partial charge in [0.2, 0.25) is 6.10 Å². The summed E-state index contributed by atoms with van der Waals surface area (Å²) in [4.78, 5) is 22.1. The van der Waals surface area contributed by atoms with Gasteiger partial charge in [-0.05, 0) is 0 Å². The van der Waals surface area contributed by atoms with E-state index in [2.05, 4.69) is 4.74 Å². The molecule has 0 bridgehead atoms. The molecule has 1 fully saturated rings. The zero-order valence-electron chi connectivity index (χ0n) is 8.70. The minimum atomic E-state index is -0.951. The Labute approximate surface area is 82.3 Å². The van der Waals surface area contributed by atoms with Gasteiger partial charge in [0.1, 0.15) is 0 Å². The van der Waals surface area contributed by atoms with Crippen molar-refractivity contribution in [3.63, 3.8) is 0 Å². The van der Waals surface area contributed by atoms with Crippen LogP contribution in [0.5, 0.6) is 0 Å². The molecule has 1 rings (SSSR count). The molecule has 0 saturated carbocycles. The van der Waals surface area contributed by atoms with Gasteiger partial charge in [0.25, 0.3) is 0 Å². The summed E-state index contributed by atoms with van der Waals surface area (Å²) in [6.45, 7) is 5.57. The molecule has 14 heavy (non-hydrogen) atoms. The van der Waals surface area contributed by atoms with Gasteiger partial charge < -0.3 is 14.2 Å². The zero-order valence-corrected chi connectivity index (χ0v) is 8.70. The molecule has 0 aromatic carbocycles. The van der Waals surface area contributed by atoms with Crippen molar-refractivity contribution in [3.8, 4) is 0 Å². The van der Waals surface area contributed by atoms with Gasteiger partial charge in [0.05, 0.1) is 7.11 Å². The number of hydrogen-bond donors (Lipinski definition) is 0. The third-order valence-corrected chi connectivity index (χ3v) is 2.01. The third-order valence-electron chi connectivity index (χ3n) is 2.01. The first-order valence-electron chi connectivity index (χ1n) is 4.31. The Morgan fingerprint density at radius 2 is 1.93 bits per heavy atom. The third kappa shape index (κ3) is 1.97. The highest BCUT2D eigenvalue weighted by molar-refractivity contribution is 5.80. The lowest BCUT2D eigenvalue weighted by Gasteiger charge is -2.26. The van der Waals surface area contributed by atoms with Crippen molar-refractivity contribution >= 4 is 12.1 Å². The van der Waals surface area contributed by atoms with Gasteiger partial charge in [0, 0.05) is 5.41 Å². The maximum atomic E-state index is 11.2. The fourth-order valence-electron chi connectivity index (χ4n) is 1.28. The van der Waals surface area contributed by atoms with Gasteiger partial charge in [-0.3, -0.25) is 0 Å². The molecule has 0 aromatic rings. The Morgan fingerprint density at radius 3 is 2.36 bits per heavy atom. The van der Waals surface area contributed by atoms with Crippen molar-refractivity contribution in [1.82, 2.24) is 0 Å². The lowest BCUT2D eigenvalue weighted by Crippen LogP contribution is -2.40. The molecule has 1 saturated heterocycles. The quantitative estimate of drug-likeness (QED) is 0.596. The standard InChI is InChI=1S/C9H14O5/c1-9(2,3)6-5(7(10)12-4)13-8(11)14-6/h5-6H,1-4H3. The van der Waals surface area contributed by atoms with Gasteiger partial charge in [-0.1, -0.05) is 20.8 Å². The van der Waals surface area contributed by atoms with E-state index in [1.54, 1.807) is 0 Å². The molecular formula is C9H14O5. The van der Waals surface area contributed by atoms with E-state index >= 15 is 0 Å². The molecule has 0 aromatic heterocycles. The first-order chi connectivity index (χ1) is 6.36. The summed E-state index contributed by atoms with van der Waals surface area (Å²) in [6.07, 6.45) is -2.37. The highest BCUT2D eigenvalue weighted by Crippen LogP contribution is 2.31. The Kier molecular flexibility index (Phi) is 2.69. The van der Waals surface area contributed by atoms with Crippen LogP contribution in [0.1, 0.15) is 20.8 Å². The second kappa shape index (κ2) is 3.48. The number of esters is 1. The van der Waals surface area contributed by atoms with Crippen LogP contribution in [-0.2, 0) is 19.0 Å². The van der Waals surface area contributed by atoms with Crippen molar-refractivity contribution in [3.05, 3.63) is 0 Å². The minimum Gasteiger partial charge on any atom is -0.466 e. The maximum absolute atomic E-state index is 11.2. The van der Waals surface area contributed by atoms with Crippen LogP contribution < -0.4 is 0 Å². The summed E-state index contributed by atoms with van der Waals surface area (Å²) in [5, 5.41) is 0. The topological polar surface area (TPSA) is 61.8 Å². The van der Waals surface area contributed by atoms with E-state index in [0.717, 1.165) is 0 Å². The fraction of sp³-hybridized carbons (Fsp3) is 0.778. The van der Waals surface area contributed by atoms with Crippen LogP contribution in [0.4, 0.5) is 4.79 Å². The monoisotopic (exact) mass is 202 g/mol. The van der Waals surface area contributed by atoms with Crippen LogP contribution in [0.3, 0.4) is 0 Å². The predicted molar refractivity (Wildman–Crippen MR) is 46.6 cm³/mol. The van der Waals surface area contributed by atoms with Crippen molar-refractivity contribution in [2.75, 3.05) is 7.11 Å². The average Bonchev–Trinajstić information content (AvgIpc) is 2.45. The lowest BCUT2D eigenvalue weighted by atomic mass is 9.86. The van der Waals surface area contributed by atoms with E-state index in [0.29, 0.717) is 0 Å². The first kappa shape index (κ1) is 10.8. The highest BCUT2D eigenvalue weighted by atomic mass is 16.8. The normalized spacial score (nSPS) is 26.7. The molecule has 80 valence electrons. The fourth-order valence-corrected chi connectivity index (χ4v) is 1.28. The second-order valence-corrected chi connectivity index (χ2v) is 4.22. The van der Waals surface area contributed by atoms with Crippen molar-refractivity contribution < 1.29 is 23.8 Å². The molecule has 0 spiro atoms. The Morgan fingerprint density at radius 1 is 1.36 bits per heavy atom. The first-order valence-corrected chi connectivity index (χ1v) is 4.31. The van der Waals surface area contributed by atoms with Gasteiger partial charge in [-0.15, -0.1) is 0 Å². The number of cyclic esters (lactones) is 2. The molecule has 5 nitrogen and oxygen atoms in total. The van der Waals surface area contributed by atoms with E-state index < -0.39 is 24.3 Å². The smallest absolute Gasteiger partial charge is 0.466 e. The molecule has 5 heteroatoms. The number of hydrogen-bond acceptors (Lipinski definition) is 5. The number of rotatable bonds is 1. The van der Waals surface area contributed by atoms with E-state index in [9.17, 15) is 9.59 Å². The van der Waals surface area contributed by atoms with Crippen LogP contribution >= 0.6 is 0 Å². The molecule has 0 radical (unpaired) electrons. The Balaban J connectivity index is 2.83. The highest BCUT2D eigenvalue weighted by Gasteiger charge is 2.48. The number of ether oxygens (including phenoxy) is 3. The van der Waals surface area contributed by atoms with Crippen LogP contribution in [0, 0.1) is 5.41 Å². The largest absolute Gasteiger partial charge is 0.509 e. The van der Waals surface area contributed by atoms with Crippen LogP contribution in [-0.4, -0.2) is 31.4 Å². The van der Waals surface area contributed by atoms with Gasteiger partial charge in [-0.2, -0.15) is 0 Å². The molecular weight excluding hydrogens is 188 g/mol. The Bertz CT molecular complexity index is 252. The average molecular weight is 202 g/mol. The van der Waals surface area contributed by atoms with Crippen LogP contribution in [0.25, 0.3) is 0 Å². The second-order valence-electron chi connectivity index (χ2n) is 4.22. The molecule has 0 amide bonds. The van der Waals surface area contributed by atoms with Crippen molar-refractivity contribution in [1.29, 1.82) is 0 Å². The lowest BCUT2D eigenvalue weighted by molar-refractivity contribution is -0.152. The van der Waals surface area contributed by atoms with E-state index in [-0.39, 0.29) is 5.41 Å². The summed E-state index contributed by atoms with van der Waals surface area (Å²) in [5.41, 5.74) is -0.356.